The maximum Gasteiger partial charge on any atom is 2.00 e. The first-order valence-electron chi connectivity index (χ1n) is 0.428. The molecule has 0 aromatic carbocycles. The van der Waals surface area contributed by atoms with Gasteiger partial charge in [0.15, 0.2) is 0 Å². The first kappa shape index (κ1) is 16.2. The monoisotopic (exact) mass is 151 g/mol. The smallest absolute Gasteiger partial charge is 1.00 e. The molecule has 0 aromatic rings. The minimum Gasteiger partial charge on any atom is -1.00 e. The predicted octanol–water partition coefficient (Wildman–Crippen LogP) is -0.547. The maximum atomic E-state index is 8.24. The molecular weight excluding hydrogens is 149 g/mol. The zero-order valence-corrected chi connectivity index (χ0v) is 7.95. The Morgan fingerprint density at radius 3 is 1.80 bits per heavy atom. The van der Waals surface area contributed by atoms with Gasteiger partial charge in [-0.25, -0.2) is 0 Å². The molecule has 2 nitrogen and oxygen atoms in total. The molecule has 0 unspecified atom stereocenters. The molecule has 24 valence electrons. The molecule has 0 rings (SSSR count). The molecule has 1 N–H and O–H groups in total. The van der Waals surface area contributed by atoms with Crippen molar-refractivity contribution >= 4 is 44.2 Å². The van der Waals surface area contributed by atoms with E-state index in [-0.39, 0.29) is 60.1 Å². The van der Waals surface area contributed by atoms with E-state index in [0.29, 0.717) is 6.47 Å². The van der Waals surface area contributed by atoms with Crippen molar-refractivity contribution in [3.8, 4) is 0 Å². The van der Waals surface area contributed by atoms with Crippen molar-refractivity contribution in [2.24, 2.45) is 0 Å². The van der Waals surface area contributed by atoms with Crippen LogP contribution in [0, 0.1) is 0 Å². The third kappa shape index (κ3) is 32.9. The van der Waals surface area contributed by atoms with Gasteiger partial charge in [-0.3, -0.25) is 0 Å². The Hall–Kier alpha value is 1.35. The van der Waals surface area contributed by atoms with Crippen LogP contribution < -0.4 is 0 Å². The van der Waals surface area contributed by atoms with Crippen LogP contribution in [0.2, 0.25) is 0 Å². The summed E-state index contributed by atoms with van der Waals surface area (Å²) in [4.78, 5) is 8.24. The van der Waals surface area contributed by atoms with Crippen LogP contribution in [0.1, 0.15) is 2.85 Å². The van der Waals surface area contributed by atoms with Gasteiger partial charge in [0.25, 0.3) is 0 Å². The van der Waals surface area contributed by atoms with Gasteiger partial charge >= 0.3 is 37.7 Å². The minimum absolute atomic E-state index is 0. The van der Waals surface area contributed by atoms with Crippen LogP contribution in [0.15, 0.2) is 0 Å². The number of hydrogen-bond acceptors (Lipinski definition) is 1. The van der Waals surface area contributed by atoms with Gasteiger partial charge in [0, 0.05) is 19.5 Å². The van der Waals surface area contributed by atoms with Crippen molar-refractivity contribution in [3.05, 3.63) is 0 Å². The summed E-state index contributed by atoms with van der Waals surface area (Å²) in [6.45, 7) is 0.500. The number of hydrogen-bond donors (Lipinski definition) is 1. The summed E-state index contributed by atoms with van der Waals surface area (Å²) in [5.74, 6) is 0. The molecule has 0 aliphatic carbocycles. The minimum atomic E-state index is 0. The molecule has 0 aliphatic rings. The van der Waals surface area contributed by atoms with Crippen LogP contribution in [0.25, 0.3) is 0 Å². The summed E-state index contributed by atoms with van der Waals surface area (Å²) >= 11 is 0. The fourth-order valence-corrected chi connectivity index (χ4v) is 0. The first-order chi connectivity index (χ1) is 1.41. The largest absolute Gasteiger partial charge is 2.00 e. The molecule has 0 aromatic heterocycles. The first-order valence-corrected chi connectivity index (χ1v) is 0.428. The second-order valence-electron chi connectivity index (χ2n) is 0.0913. The molecule has 0 radical (unpaired) electrons. The summed E-state index contributed by atoms with van der Waals surface area (Å²) in [6, 6.07) is 0. The summed E-state index contributed by atoms with van der Waals surface area (Å²) in [5.41, 5.74) is 0. The van der Waals surface area contributed by atoms with E-state index in [9.17, 15) is 0 Å². The summed E-state index contributed by atoms with van der Waals surface area (Å²) in [7, 11) is 0. The third-order valence-corrected chi connectivity index (χ3v) is 0. The van der Waals surface area contributed by atoms with E-state index in [1.165, 1.54) is 0 Å². The van der Waals surface area contributed by atoms with E-state index >= 15 is 0 Å². The van der Waals surface area contributed by atoms with Crippen LogP contribution in [0.3, 0.4) is 0 Å². The summed E-state index contributed by atoms with van der Waals surface area (Å²) in [5, 5.41) is 6.76. The molecule has 0 spiro atoms. The van der Waals surface area contributed by atoms with Gasteiger partial charge in [-0.15, -0.1) is 0 Å². The fourth-order valence-electron chi connectivity index (χ4n) is 0. The molecule has 0 fully saturated rings. The Bertz CT molecular complexity index is 23.2. The quantitative estimate of drug-likeness (QED) is 0.374. The molecule has 0 saturated carbocycles. The van der Waals surface area contributed by atoms with Gasteiger partial charge < -0.3 is 12.8 Å². The fraction of sp³-hybridized carbons (Fsp3) is 0. The van der Waals surface area contributed by atoms with Gasteiger partial charge in [-0.05, 0) is 0 Å². The van der Waals surface area contributed by atoms with Crippen LogP contribution in [0.5, 0.6) is 0 Å². The molecule has 0 heterocycles. The van der Waals surface area contributed by atoms with Crippen LogP contribution in [0.4, 0.5) is 0 Å². The second-order valence-corrected chi connectivity index (χ2v) is 0.0913. The Kier molecular flexibility index (Phi) is 59.3. The van der Waals surface area contributed by atoms with E-state index in [1.807, 2.05) is 0 Å². The van der Waals surface area contributed by atoms with E-state index < -0.39 is 0 Å². The number of rotatable bonds is 0. The van der Waals surface area contributed by atoms with Gasteiger partial charge in [-0.1, -0.05) is 6.47 Å². The van der Waals surface area contributed by atoms with E-state index in [1.54, 1.807) is 0 Å². The Labute approximate surface area is 75.7 Å². The van der Waals surface area contributed by atoms with Crippen molar-refractivity contribution < 1.29 is 32.2 Å². The molecule has 0 saturated heterocycles. The molecule has 0 atom stereocenters. The summed E-state index contributed by atoms with van der Waals surface area (Å²) in [6.07, 6.45) is 0. The second kappa shape index (κ2) is 18.3. The Balaban J connectivity index is -0.00000000333. The average molecular weight is 153 g/mol. The van der Waals surface area contributed by atoms with Gasteiger partial charge in [0.05, 0.1) is 0 Å². The van der Waals surface area contributed by atoms with Crippen LogP contribution >= 0.6 is 0 Å². The van der Waals surface area contributed by atoms with E-state index in [0.717, 1.165) is 0 Å². The van der Waals surface area contributed by atoms with Crippen molar-refractivity contribution in [1.29, 1.82) is 0 Å². The number of aliphatic hydroxyl groups excluding tert-OH is 1. The third-order valence-electron chi connectivity index (χ3n) is 0. The molecule has 5 heavy (non-hydrogen) atoms. The normalized spacial score (nSPS) is 2.40. The Morgan fingerprint density at radius 1 is 1.80 bits per heavy atom. The van der Waals surface area contributed by atoms with E-state index in [4.69, 9.17) is 9.90 Å². The standard InChI is InChI=1S/CHO2.Ca.Zn.2H/c2-1-3;;;;/h(H,2,3);;;;/q-1;+2;;2*-1. The SMILES string of the molecule is O=[C-]O.[Ca+2].[H-].[H-].[Zn]. The van der Waals surface area contributed by atoms with Crippen molar-refractivity contribution in [1.82, 2.24) is 0 Å². The zero-order chi connectivity index (χ0) is 2.71. The van der Waals surface area contributed by atoms with Gasteiger partial charge in [0.2, 0.25) is 0 Å². The van der Waals surface area contributed by atoms with Crippen molar-refractivity contribution in [3.63, 3.8) is 0 Å². The van der Waals surface area contributed by atoms with Gasteiger partial charge in [-0.2, -0.15) is 0 Å². The molecule has 0 bridgehead atoms. The van der Waals surface area contributed by atoms with Gasteiger partial charge in [0.1, 0.15) is 0 Å². The van der Waals surface area contributed by atoms with Crippen LogP contribution in [-0.2, 0) is 24.3 Å². The predicted molar refractivity (Wildman–Crippen MR) is 16.3 cm³/mol. The van der Waals surface area contributed by atoms with Crippen molar-refractivity contribution in [2.45, 2.75) is 0 Å². The molecule has 4 heteroatoms. The molecule has 0 aliphatic heterocycles. The maximum absolute atomic E-state index is 8.24. The topological polar surface area (TPSA) is 37.3 Å². The molecule has 0 amide bonds. The average Bonchev–Trinajstić information content (AvgIpc) is 0.918. The van der Waals surface area contributed by atoms with E-state index in [2.05, 4.69) is 0 Å². The Morgan fingerprint density at radius 2 is 1.80 bits per heavy atom. The zero-order valence-electron chi connectivity index (χ0n) is 4.77. The summed E-state index contributed by atoms with van der Waals surface area (Å²) < 4.78 is 0. The van der Waals surface area contributed by atoms with Crippen molar-refractivity contribution in [2.75, 3.05) is 0 Å². The molecular formula is CH3CaO2Zn-. The van der Waals surface area contributed by atoms with Crippen LogP contribution in [-0.4, -0.2) is 49.3 Å².